The summed E-state index contributed by atoms with van der Waals surface area (Å²) in [6, 6.07) is -0.770. The van der Waals surface area contributed by atoms with Crippen molar-refractivity contribution in [1.82, 2.24) is 9.80 Å². The highest BCUT2D eigenvalue weighted by atomic mass is 16.6. The van der Waals surface area contributed by atoms with Crippen LogP contribution < -0.4 is 0 Å². The molecule has 35 heavy (non-hydrogen) atoms. The number of hydrogen-bond donors (Lipinski definition) is 1. The molecule has 3 aliphatic rings. The molecule has 1 spiro atoms. The minimum atomic E-state index is -1.01. The van der Waals surface area contributed by atoms with Gasteiger partial charge >= 0.3 is 5.97 Å². The largest absolute Gasteiger partial charge is 0.461 e. The summed E-state index contributed by atoms with van der Waals surface area (Å²) in [5.41, 5.74) is -1.01. The molecule has 3 fully saturated rings. The summed E-state index contributed by atoms with van der Waals surface area (Å²) in [5, 5.41) is 9.07. The Kier molecular flexibility index (Phi) is 9.53. The first-order valence-electron chi connectivity index (χ1n) is 13.2. The van der Waals surface area contributed by atoms with Gasteiger partial charge in [0.1, 0.15) is 18.2 Å². The first-order valence-corrected chi connectivity index (χ1v) is 13.2. The quantitative estimate of drug-likeness (QED) is 0.215. The maximum atomic E-state index is 14.2. The van der Waals surface area contributed by atoms with Gasteiger partial charge in [0.2, 0.25) is 11.8 Å². The van der Waals surface area contributed by atoms with E-state index in [1.54, 1.807) is 11.0 Å². The van der Waals surface area contributed by atoms with E-state index in [0.717, 1.165) is 32.1 Å². The third kappa shape index (κ3) is 5.19. The van der Waals surface area contributed by atoms with Gasteiger partial charge in [-0.15, -0.1) is 6.58 Å². The highest BCUT2D eigenvalue weighted by Gasteiger charge is 2.75. The van der Waals surface area contributed by atoms with Crippen LogP contribution in [0.1, 0.15) is 65.2 Å². The van der Waals surface area contributed by atoms with Crippen LogP contribution in [0, 0.1) is 11.8 Å². The molecule has 8 heteroatoms. The second kappa shape index (κ2) is 12.2. The standard InChI is InChI=1S/C27H42N2O6/c1-5-12-19(4)28(15-6-2)25(32)23-27-14-13-20(35-27)21(26(33)34-18-7-3)22(27)24(31)29(23)16-10-8-9-11-17-30/h6-7,19-23,30H,2-3,5,8-18H2,1,4H3/t19?,20-,21+,22+,23?,27?/m1/s1. The fraction of sp³-hybridized carbons (Fsp3) is 0.741. The van der Waals surface area contributed by atoms with Crippen LogP contribution in [0.5, 0.6) is 0 Å². The Labute approximate surface area is 209 Å². The molecule has 3 heterocycles. The molecule has 1 N–H and O–H groups in total. The van der Waals surface area contributed by atoms with Crippen LogP contribution in [0.3, 0.4) is 0 Å². The van der Waals surface area contributed by atoms with Gasteiger partial charge in [-0.2, -0.15) is 0 Å². The number of nitrogens with zero attached hydrogens (tertiary/aromatic N) is 2. The normalized spacial score (nSPS) is 29.7. The lowest BCUT2D eigenvalue weighted by Gasteiger charge is -2.39. The van der Waals surface area contributed by atoms with Gasteiger partial charge in [0, 0.05) is 25.7 Å². The topological polar surface area (TPSA) is 96.4 Å². The summed E-state index contributed by atoms with van der Waals surface area (Å²) in [6.07, 6.45) is 8.93. The monoisotopic (exact) mass is 490 g/mol. The number of ether oxygens (including phenoxy) is 2. The Morgan fingerprint density at radius 1 is 1.29 bits per heavy atom. The number of hydrogen-bond acceptors (Lipinski definition) is 6. The van der Waals surface area contributed by atoms with Gasteiger partial charge in [-0.25, -0.2) is 0 Å². The van der Waals surface area contributed by atoms with Crippen molar-refractivity contribution in [3.8, 4) is 0 Å². The van der Waals surface area contributed by atoms with Gasteiger partial charge in [-0.05, 0) is 39.0 Å². The molecule has 0 aliphatic carbocycles. The van der Waals surface area contributed by atoms with Crippen LogP contribution in [0.2, 0.25) is 0 Å². The van der Waals surface area contributed by atoms with E-state index in [1.807, 2.05) is 11.8 Å². The van der Waals surface area contributed by atoms with Gasteiger partial charge in [0.15, 0.2) is 0 Å². The third-order valence-electron chi connectivity index (χ3n) is 7.80. The Morgan fingerprint density at radius 2 is 2.03 bits per heavy atom. The zero-order valence-corrected chi connectivity index (χ0v) is 21.3. The first kappa shape index (κ1) is 27.4. The van der Waals surface area contributed by atoms with E-state index >= 15 is 0 Å². The summed E-state index contributed by atoms with van der Waals surface area (Å²) < 4.78 is 11.8. The zero-order chi connectivity index (χ0) is 25.6. The van der Waals surface area contributed by atoms with Crippen molar-refractivity contribution in [3.05, 3.63) is 25.3 Å². The molecular formula is C27H42N2O6. The Morgan fingerprint density at radius 3 is 2.69 bits per heavy atom. The Hall–Kier alpha value is -2.19. The average molecular weight is 491 g/mol. The van der Waals surface area contributed by atoms with Crippen LogP contribution in [-0.2, 0) is 23.9 Å². The predicted molar refractivity (Wildman–Crippen MR) is 132 cm³/mol. The zero-order valence-electron chi connectivity index (χ0n) is 21.3. The number of aliphatic hydroxyl groups excluding tert-OH is 1. The maximum absolute atomic E-state index is 14.2. The van der Waals surface area contributed by atoms with E-state index in [-0.39, 0.29) is 31.1 Å². The molecule has 0 aromatic carbocycles. The molecule has 8 nitrogen and oxygen atoms in total. The minimum absolute atomic E-state index is 0.00517. The number of fused-ring (bicyclic) bond motifs is 1. The van der Waals surface area contributed by atoms with Crippen molar-refractivity contribution in [2.24, 2.45) is 11.8 Å². The van der Waals surface area contributed by atoms with E-state index in [9.17, 15) is 14.4 Å². The van der Waals surface area contributed by atoms with Gasteiger partial charge < -0.3 is 24.4 Å². The molecule has 3 rings (SSSR count). The number of aliphatic hydroxyl groups is 1. The molecule has 0 aromatic rings. The van der Waals surface area contributed by atoms with Crippen molar-refractivity contribution < 1.29 is 29.0 Å². The molecule has 0 saturated carbocycles. The van der Waals surface area contributed by atoms with E-state index in [1.165, 1.54) is 6.08 Å². The lowest BCUT2D eigenvalue weighted by atomic mass is 9.70. The van der Waals surface area contributed by atoms with Crippen LogP contribution in [0.15, 0.2) is 25.3 Å². The van der Waals surface area contributed by atoms with Crippen LogP contribution in [0.4, 0.5) is 0 Å². The highest BCUT2D eigenvalue weighted by Crippen LogP contribution is 2.58. The molecule has 3 unspecified atom stereocenters. The molecule has 2 amide bonds. The fourth-order valence-electron chi connectivity index (χ4n) is 6.28. The van der Waals surface area contributed by atoms with Gasteiger partial charge in [-0.3, -0.25) is 14.4 Å². The minimum Gasteiger partial charge on any atom is -0.461 e. The molecule has 6 atom stereocenters. The number of esters is 1. The number of carbonyl (C=O) groups excluding carboxylic acids is 3. The number of unbranched alkanes of at least 4 members (excludes halogenated alkanes) is 3. The van der Waals surface area contributed by atoms with Gasteiger partial charge in [-0.1, -0.05) is 44.9 Å². The lowest BCUT2D eigenvalue weighted by molar-refractivity contribution is -0.154. The summed E-state index contributed by atoms with van der Waals surface area (Å²) in [7, 11) is 0. The molecule has 0 radical (unpaired) electrons. The number of amides is 2. The molecule has 3 saturated heterocycles. The molecule has 0 aromatic heterocycles. The predicted octanol–water partition coefficient (Wildman–Crippen LogP) is 2.85. The fourth-order valence-corrected chi connectivity index (χ4v) is 6.28. The molecule has 3 aliphatic heterocycles. The summed E-state index contributed by atoms with van der Waals surface area (Å²) >= 11 is 0. The van der Waals surface area contributed by atoms with Gasteiger partial charge in [0.25, 0.3) is 0 Å². The first-order chi connectivity index (χ1) is 16.9. The molecule has 2 bridgehead atoms. The van der Waals surface area contributed by atoms with E-state index in [4.69, 9.17) is 14.6 Å². The van der Waals surface area contributed by atoms with Crippen LogP contribution >= 0.6 is 0 Å². The number of carbonyl (C=O) groups is 3. The maximum Gasteiger partial charge on any atom is 0.312 e. The Balaban J connectivity index is 1.93. The van der Waals surface area contributed by atoms with Crippen molar-refractivity contribution in [1.29, 1.82) is 0 Å². The van der Waals surface area contributed by atoms with E-state index in [2.05, 4.69) is 20.1 Å². The molecule has 196 valence electrons. The van der Waals surface area contributed by atoms with Gasteiger partial charge in [0.05, 0.1) is 17.9 Å². The summed E-state index contributed by atoms with van der Waals surface area (Å²) in [5.74, 6) is -2.18. The van der Waals surface area contributed by atoms with E-state index < -0.39 is 35.6 Å². The summed E-state index contributed by atoms with van der Waals surface area (Å²) in [6.45, 7) is 12.6. The smallest absolute Gasteiger partial charge is 0.312 e. The van der Waals surface area contributed by atoms with Crippen LogP contribution in [-0.4, -0.2) is 82.8 Å². The summed E-state index contributed by atoms with van der Waals surface area (Å²) in [4.78, 5) is 44.5. The van der Waals surface area contributed by atoms with Crippen molar-refractivity contribution >= 4 is 17.8 Å². The van der Waals surface area contributed by atoms with Crippen molar-refractivity contribution in [2.75, 3.05) is 26.3 Å². The second-order valence-electron chi connectivity index (χ2n) is 10.1. The van der Waals surface area contributed by atoms with Crippen molar-refractivity contribution in [3.63, 3.8) is 0 Å². The average Bonchev–Trinajstić information content (AvgIpc) is 3.48. The SMILES string of the molecule is C=CCOC(=O)[C@@H]1[C@H]2C(=O)N(CCCCCCO)C(C(=O)N(CC=C)C(C)CCC)C23CC[C@H]1O3. The second-order valence-corrected chi connectivity index (χ2v) is 10.1. The van der Waals surface area contributed by atoms with E-state index in [0.29, 0.717) is 32.4 Å². The lowest BCUT2D eigenvalue weighted by Crippen LogP contribution is -2.57. The Bertz CT molecular complexity index is 801. The van der Waals surface area contributed by atoms with Crippen molar-refractivity contribution in [2.45, 2.75) is 89.0 Å². The highest BCUT2D eigenvalue weighted by molar-refractivity contribution is 5.98. The number of rotatable bonds is 15. The third-order valence-corrected chi connectivity index (χ3v) is 7.80. The van der Waals surface area contributed by atoms with Crippen LogP contribution in [0.25, 0.3) is 0 Å². The molecular weight excluding hydrogens is 448 g/mol. The number of likely N-dealkylation sites (tertiary alicyclic amines) is 1.